The number of hydrogen-bond acceptors (Lipinski definition) is 2. The van der Waals surface area contributed by atoms with Crippen molar-refractivity contribution in [2.24, 2.45) is 11.8 Å². The van der Waals surface area contributed by atoms with Gasteiger partial charge in [-0.15, -0.1) is 6.58 Å². The Morgan fingerprint density at radius 2 is 2.04 bits per heavy atom. The molecule has 3 atom stereocenters. The van der Waals surface area contributed by atoms with Gasteiger partial charge in [-0.1, -0.05) is 51.5 Å². The average molecular weight is 363 g/mol. The Hall–Kier alpha value is -2.09. The van der Waals surface area contributed by atoms with E-state index in [1.807, 2.05) is 13.8 Å². The molecule has 2 aliphatic heterocycles. The van der Waals surface area contributed by atoms with Gasteiger partial charge in [-0.25, -0.2) is 0 Å². The van der Waals surface area contributed by atoms with E-state index in [1.165, 1.54) is 47.2 Å². The predicted octanol–water partition coefficient (Wildman–Crippen LogP) is 6.95. The number of aromatic nitrogens is 1. The van der Waals surface area contributed by atoms with E-state index in [1.54, 1.807) is 0 Å². The van der Waals surface area contributed by atoms with Gasteiger partial charge in [-0.05, 0) is 55.9 Å². The maximum atomic E-state index is 5.07. The summed E-state index contributed by atoms with van der Waals surface area (Å²) in [6, 6.07) is 9.31. The molecule has 2 heteroatoms. The second-order valence-corrected chi connectivity index (χ2v) is 7.78. The molecule has 1 saturated heterocycles. The molecule has 1 aromatic carbocycles. The number of nitrogens with zero attached hydrogens (tertiary/aromatic N) is 2. The van der Waals surface area contributed by atoms with Crippen molar-refractivity contribution >= 4 is 10.9 Å². The Bertz CT molecular complexity index is 836. The van der Waals surface area contributed by atoms with Gasteiger partial charge in [0.2, 0.25) is 0 Å². The maximum Gasteiger partial charge on any atom is 0.0721 e. The quantitative estimate of drug-likeness (QED) is 0.547. The SMILES string of the molecule is C=CCC1CC2c3nc4ccc(C)cc4cc3CN2C(=C)C1CCC.CC. The fraction of sp³-hybridized carbons (Fsp3) is 0.480. The van der Waals surface area contributed by atoms with E-state index >= 15 is 0 Å². The molecule has 0 saturated carbocycles. The summed E-state index contributed by atoms with van der Waals surface area (Å²) in [5, 5.41) is 1.26. The molecule has 0 radical (unpaired) electrons. The van der Waals surface area contributed by atoms with E-state index in [9.17, 15) is 0 Å². The average Bonchev–Trinajstić information content (AvgIpc) is 3.02. The van der Waals surface area contributed by atoms with E-state index < -0.39 is 0 Å². The van der Waals surface area contributed by atoms with Crippen LogP contribution in [0.1, 0.15) is 69.3 Å². The van der Waals surface area contributed by atoms with Crippen LogP contribution in [0.3, 0.4) is 0 Å². The zero-order valence-electron chi connectivity index (χ0n) is 17.5. The first-order chi connectivity index (χ1) is 13.1. The lowest BCUT2D eigenvalue weighted by Crippen LogP contribution is -2.36. The minimum absolute atomic E-state index is 0.395. The van der Waals surface area contributed by atoms with Gasteiger partial charge in [0.25, 0.3) is 0 Å². The van der Waals surface area contributed by atoms with Crippen molar-refractivity contribution in [2.45, 2.75) is 66.0 Å². The highest BCUT2D eigenvalue weighted by atomic mass is 15.2. The standard InChI is InChI=1S/C23H28N2.C2H6/c1-5-7-17-13-22-23-19(14-25(22)16(4)20(17)8-6-2)12-18-11-15(3)9-10-21(18)24-23;1-2/h5,9-12,17,20,22H,1,4,6-8,13-14H2,2-3H3;1-2H3. The molecule has 2 aliphatic rings. The topological polar surface area (TPSA) is 16.1 Å². The number of aryl methyl sites for hydroxylation is 1. The molecule has 0 bridgehead atoms. The molecule has 2 nitrogen and oxygen atoms in total. The third-order valence-electron chi connectivity index (χ3n) is 6.08. The summed E-state index contributed by atoms with van der Waals surface area (Å²) >= 11 is 0. The number of piperidine rings is 1. The number of fused-ring (bicyclic) bond motifs is 4. The fourth-order valence-corrected chi connectivity index (χ4v) is 4.88. The molecule has 4 rings (SSSR count). The van der Waals surface area contributed by atoms with Crippen molar-refractivity contribution < 1.29 is 0 Å². The molecular formula is C25H34N2. The highest BCUT2D eigenvalue weighted by molar-refractivity contribution is 5.80. The highest BCUT2D eigenvalue weighted by Crippen LogP contribution is 2.50. The molecule has 27 heavy (non-hydrogen) atoms. The molecule has 0 spiro atoms. The number of hydrogen-bond donors (Lipinski definition) is 0. The van der Waals surface area contributed by atoms with Crippen molar-refractivity contribution in [2.75, 3.05) is 0 Å². The number of allylic oxidation sites excluding steroid dienone is 2. The van der Waals surface area contributed by atoms with Crippen molar-refractivity contribution in [3.8, 4) is 0 Å². The largest absolute Gasteiger partial charge is 0.362 e. The Kier molecular flexibility index (Phi) is 6.04. The van der Waals surface area contributed by atoms with E-state index in [4.69, 9.17) is 4.98 Å². The van der Waals surface area contributed by atoms with Crippen molar-refractivity contribution in [3.05, 3.63) is 66.0 Å². The van der Waals surface area contributed by atoms with Gasteiger partial charge in [-0.2, -0.15) is 0 Å². The molecule has 2 aromatic rings. The zero-order valence-corrected chi connectivity index (χ0v) is 17.5. The smallest absolute Gasteiger partial charge is 0.0721 e. The number of pyridine rings is 1. The molecule has 3 heterocycles. The minimum atomic E-state index is 0.395. The monoisotopic (exact) mass is 362 g/mol. The zero-order chi connectivity index (χ0) is 19.6. The van der Waals surface area contributed by atoms with Gasteiger partial charge >= 0.3 is 0 Å². The summed E-state index contributed by atoms with van der Waals surface area (Å²) in [6.45, 7) is 17.9. The summed E-state index contributed by atoms with van der Waals surface area (Å²) in [5.41, 5.74) is 6.40. The van der Waals surface area contributed by atoms with E-state index in [-0.39, 0.29) is 0 Å². The summed E-state index contributed by atoms with van der Waals surface area (Å²) in [6.07, 6.45) is 6.78. The normalized spacial score (nSPS) is 23.5. The number of rotatable bonds is 4. The Morgan fingerprint density at radius 1 is 1.26 bits per heavy atom. The maximum absolute atomic E-state index is 5.07. The molecule has 3 unspecified atom stereocenters. The van der Waals surface area contributed by atoms with Crippen LogP contribution in [0.4, 0.5) is 0 Å². The lowest BCUT2D eigenvalue weighted by Gasteiger charge is -2.43. The number of benzene rings is 1. The molecular weight excluding hydrogens is 328 g/mol. The molecule has 144 valence electrons. The third kappa shape index (κ3) is 3.54. The Balaban J connectivity index is 0.00000102. The van der Waals surface area contributed by atoms with Gasteiger partial charge in [0.1, 0.15) is 0 Å². The van der Waals surface area contributed by atoms with Crippen LogP contribution in [0, 0.1) is 18.8 Å². The fourth-order valence-electron chi connectivity index (χ4n) is 4.88. The molecule has 0 aliphatic carbocycles. The van der Waals surface area contributed by atoms with Gasteiger partial charge in [0, 0.05) is 23.5 Å². The van der Waals surface area contributed by atoms with Crippen LogP contribution in [0.15, 0.2) is 49.2 Å². The van der Waals surface area contributed by atoms with Gasteiger partial charge < -0.3 is 4.90 Å². The first kappa shape index (κ1) is 19.7. The van der Waals surface area contributed by atoms with Crippen LogP contribution in [0.25, 0.3) is 10.9 Å². The summed E-state index contributed by atoms with van der Waals surface area (Å²) in [5.74, 6) is 1.23. The van der Waals surface area contributed by atoms with Gasteiger partial charge in [0.15, 0.2) is 0 Å². The van der Waals surface area contributed by atoms with Crippen molar-refractivity contribution in [1.29, 1.82) is 0 Å². The van der Waals surface area contributed by atoms with E-state index in [0.29, 0.717) is 17.9 Å². The Labute approximate surface area is 165 Å². The first-order valence-corrected chi connectivity index (χ1v) is 10.6. The highest BCUT2D eigenvalue weighted by Gasteiger charge is 2.42. The van der Waals surface area contributed by atoms with E-state index in [2.05, 4.69) is 62.2 Å². The summed E-state index contributed by atoms with van der Waals surface area (Å²) < 4.78 is 0. The summed E-state index contributed by atoms with van der Waals surface area (Å²) in [7, 11) is 0. The van der Waals surface area contributed by atoms with Gasteiger partial charge in [0.05, 0.1) is 17.3 Å². The molecule has 1 fully saturated rings. The Morgan fingerprint density at radius 3 is 2.74 bits per heavy atom. The third-order valence-corrected chi connectivity index (χ3v) is 6.08. The predicted molar refractivity (Wildman–Crippen MR) is 117 cm³/mol. The summed E-state index contributed by atoms with van der Waals surface area (Å²) in [4.78, 5) is 7.60. The second kappa shape index (κ2) is 8.29. The van der Waals surface area contributed by atoms with Crippen LogP contribution in [0.5, 0.6) is 0 Å². The second-order valence-electron chi connectivity index (χ2n) is 7.78. The van der Waals surface area contributed by atoms with Crippen LogP contribution >= 0.6 is 0 Å². The molecule has 1 aromatic heterocycles. The van der Waals surface area contributed by atoms with Gasteiger partial charge in [-0.3, -0.25) is 4.98 Å². The molecule has 0 amide bonds. The van der Waals surface area contributed by atoms with Crippen molar-refractivity contribution in [1.82, 2.24) is 9.88 Å². The minimum Gasteiger partial charge on any atom is -0.362 e. The molecule has 0 N–H and O–H groups in total. The van der Waals surface area contributed by atoms with E-state index in [0.717, 1.165) is 18.5 Å². The first-order valence-electron chi connectivity index (χ1n) is 10.6. The lowest BCUT2D eigenvalue weighted by atomic mass is 9.76. The van der Waals surface area contributed by atoms with Crippen LogP contribution in [-0.2, 0) is 6.54 Å². The van der Waals surface area contributed by atoms with Crippen LogP contribution in [-0.4, -0.2) is 9.88 Å². The van der Waals surface area contributed by atoms with Crippen LogP contribution in [0.2, 0.25) is 0 Å². The lowest BCUT2D eigenvalue weighted by molar-refractivity contribution is 0.120. The van der Waals surface area contributed by atoms with Crippen LogP contribution < -0.4 is 0 Å². The van der Waals surface area contributed by atoms with Crippen molar-refractivity contribution in [3.63, 3.8) is 0 Å².